The second-order valence-electron chi connectivity index (χ2n) is 6.89. The Morgan fingerprint density at radius 1 is 1.21 bits per heavy atom. The van der Waals surface area contributed by atoms with Gasteiger partial charge in [-0.1, -0.05) is 18.2 Å². The molecule has 1 fully saturated rings. The number of carbonyl (C=O) groups is 1. The molecule has 1 saturated heterocycles. The minimum Gasteiger partial charge on any atom is -0.393 e. The molecule has 148 valence electrons. The molecule has 2 aromatic rings. The van der Waals surface area contributed by atoms with E-state index in [9.17, 15) is 20.0 Å². The van der Waals surface area contributed by atoms with Crippen molar-refractivity contribution in [3.63, 3.8) is 0 Å². The topological polar surface area (TPSA) is 108 Å². The van der Waals surface area contributed by atoms with Crippen molar-refractivity contribution >= 4 is 28.7 Å². The molecular weight excluding hydrogens is 360 g/mol. The summed E-state index contributed by atoms with van der Waals surface area (Å²) in [6.45, 7) is 3.35. The maximum Gasteiger partial charge on any atom is 0.271 e. The summed E-state index contributed by atoms with van der Waals surface area (Å²) < 4.78 is 0. The number of nitrogens with zero attached hydrogens (tertiary/aromatic N) is 2. The van der Waals surface area contributed by atoms with E-state index in [0.717, 1.165) is 42.9 Å². The number of hydrogen-bond acceptors (Lipinski definition) is 6. The normalized spacial score (nSPS) is 14.6. The number of para-hydroxylation sites is 2. The third kappa shape index (κ3) is 4.77. The fourth-order valence-corrected chi connectivity index (χ4v) is 3.23. The number of carbonyl (C=O) groups excluding carboxylic acids is 1. The Labute approximate surface area is 163 Å². The highest BCUT2D eigenvalue weighted by atomic mass is 16.6. The van der Waals surface area contributed by atoms with E-state index in [1.165, 1.54) is 12.1 Å². The number of aliphatic hydroxyl groups is 1. The number of non-ortho nitro benzene ring substituents is 1. The number of aliphatic hydroxyl groups excluding tert-OH is 1. The largest absolute Gasteiger partial charge is 0.393 e. The van der Waals surface area contributed by atoms with Gasteiger partial charge < -0.3 is 20.6 Å². The highest BCUT2D eigenvalue weighted by Gasteiger charge is 2.19. The molecule has 2 aromatic carbocycles. The molecule has 3 rings (SSSR count). The molecule has 0 atom stereocenters. The molecule has 0 radical (unpaired) electrons. The highest BCUT2D eigenvalue weighted by molar-refractivity contribution is 5.95. The van der Waals surface area contributed by atoms with Gasteiger partial charge in [-0.25, -0.2) is 0 Å². The number of anilines is 3. The third-order valence-electron chi connectivity index (χ3n) is 4.85. The minimum absolute atomic E-state index is 0.0373. The molecule has 3 N–H and O–H groups in total. The number of piperidine rings is 1. The van der Waals surface area contributed by atoms with Crippen LogP contribution in [-0.4, -0.2) is 41.7 Å². The van der Waals surface area contributed by atoms with E-state index < -0.39 is 4.92 Å². The molecule has 0 saturated carbocycles. The van der Waals surface area contributed by atoms with Gasteiger partial charge in [0, 0.05) is 25.2 Å². The third-order valence-corrected chi connectivity index (χ3v) is 4.85. The molecule has 1 aliphatic heterocycles. The van der Waals surface area contributed by atoms with Gasteiger partial charge in [0.25, 0.3) is 5.69 Å². The summed E-state index contributed by atoms with van der Waals surface area (Å²) in [7, 11) is 0. The quantitative estimate of drug-likeness (QED) is 0.522. The van der Waals surface area contributed by atoms with Crippen LogP contribution in [0.15, 0.2) is 42.5 Å². The summed E-state index contributed by atoms with van der Waals surface area (Å²) in [6, 6.07) is 12.1. The zero-order valence-corrected chi connectivity index (χ0v) is 15.7. The molecule has 0 aromatic heterocycles. The average molecular weight is 384 g/mol. The van der Waals surface area contributed by atoms with E-state index in [-0.39, 0.29) is 24.2 Å². The molecule has 28 heavy (non-hydrogen) atoms. The van der Waals surface area contributed by atoms with Crippen LogP contribution in [0.4, 0.5) is 22.7 Å². The molecule has 1 amide bonds. The van der Waals surface area contributed by atoms with Gasteiger partial charge in [0.15, 0.2) is 0 Å². The number of rotatable bonds is 6. The maximum atomic E-state index is 12.4. The molecule has 0 unspecified atom stereocenters. The Kier molecular flexibility index (Phi) is 6.10. The standard InChI is InChI=1S/C20H24N4O4/c1-14-6-7-15(24(27)28)12-18(14)22-20(26)13-21-17-4-2-3-5-19(17)23-10-8-16(25)9-11-23/h2-7,12,16,21,25H,8-11,13H2,1H3,(H,22,26). The lowest BCUT2D eigenvalue weighted by Gasteiger charge is -2.32. The van der Waals surface area contributed by atoms with Crippen molar-refractivity contribution in [3.05, 3.63) is 58.1 Å². The van der Waals surface area contributed by atoms with Gasteiger partial charge in [-0.2, -0.15) is 0 Å². The van der Waals surface area contributed by atoms with Crippen LogP contribution in [0, 0.1) is 17.0 Å². The number of nitrogens with one attached hydrogen (secondary N) is 2. The van der Waals surface area contributed by atoms with E-state index in [4.69, 9.17) is 0 Å². The fourth-order valence-electron chi connectivity index (χ4n) is 3.23. The van der Waals surface area contributed by atoms with Crippen molar-refractivity contribution in [2.75, 3.05) is 35.2 Å². The van der Waals surface area contributed by atoms with Gasteiger partial charge in [-0.15, -0.1) is 0 Å². The van der Waals surface area contributed by atoms with Gasteiger partial charge in [0.1, 0.15) is 0 Å². The van der Waals surface area contributed by atoms with E-state index in [2.05, 4.69) is 15.5 Å². The molecule has 0 spiro atoms. The second kappa shape index (κ2) is 8.71. The van der Waals surface area contributed by atoms with Gasteiger partial charge in [0.05, 0.1) is 34.6 Å². The van der Waals surface area contributed by atoms with Gasteiger partial charge >= 0.3 is 0 Å². The van der Waals surface area contributed by atoms with E-state index in [0.29, 0.717) is 5.69 Å². The van der Waals surface area contributed by atoms with Gasteiger partial charge in [-0.3, -0.25) is 14.9 Å². The van der Waals surface area contributed by atoms with E-state index >= 15 is 0 Å². The molecular formula is C20H24N4O4. The van der Waals surface area contributed by atoms with E-state index in [1.54, 1.807) is 13.0 Å². The second-order valence-corrected chi connectivity index (χ2v) is 6.89. The zero-order valence-electron chi connectivity index (χ0n) is 15.7. The van der Waals surface area contributed by atoms with Crippen molar-refractivity contribution in [2.45, 2.75) is 25.9 Å². The Morgan fingerprint density at radius 2 is 1.93 bits per heavy atom. The van der Waals surface area contributed by atoms with Crippen LogP contribution in [0.5, 0.6) is 0 Å². The van der Waals surface area contributed by atoms with Crippen LogP contribution in [0.25, 0.3) is 0 Å². The van der Waals surface area contributed by atoms with Crippen LogP contribution in [0.1, 0.15) is 18.4 Å². The van der Waals surface area contributed by atoms with Crippen molar-refractivity contribution < 1.29 is 14.8 Å². The zero-order chi connectivity index (χ0) is 20.1. The lowest BCUT2D eigenvalue weighted by atomic mass is 10.1. The predicted molar refractivity (Wildman–Crippen MR) is 109 cm³/mol. The lowest BCUT2D eigenvalue weighted by Crippen LogP contribution is -2.36. The summed E-state index contributed by atoms with van der Waals surface area (Å²) in [5.41, 5.74) is 2.95. The molecule has 1 heterocycles. The van der Waals surface area contributed by atoms with Crippen LogP contribution < -0.4 is 15.5 Å². The Hall–Kier alpha value is -3.13. The number of hydrogen-bond donors (Lipinski definition) is 3. The summed E-state index contributed by atoms with van der Waals surface area (Å²) in [5.74, 6) is -0.285. The van der Waals surface area contributed by atoms with Crippen LogP contribution in [-0.2, 0) is 4.79 Å². The van der Waals surface area contributed by atoms with Crippen molar-refractivity contribution in [3.8, 4) is 0 Å². The van der Waals surface area contributed by atoms with Crippen LogP contribution in [0.2, 0.25) is 0 Å². The number of aryl methyl sites for hydroxylation is 1. The fraction of sp³-hybridized carbons (Fsp3) is 0.350. The molecule has 0 bridgehead atoms. The number of benzene rings is 2. The first kappa shape index (κ1) is 19.6. The van der Waals surface area contributed by atoms with E-state index in [1.807, 2.05) is 24.3 Å². The smallest absolute Gasteiger partial charge is 0.271 e. The number of nitro benzene ring substituents is 1. The first-order chi connectivity index (χ1) is 13.4. The van der Waals surface area contributed by atoms with Crippen molar-refractivity contribution in [1.29, 1.82) is 0 Å². The number of nitro groups is 1. The monoisotopic (exact) mass is 384 g/mol. The maximum absolute atomic E-state index is 12.4. The summed E-state index contributed by atoms with van der Waals surface area (Å²) >= 11 is 0. The number of amides is 1. The molecule has 0 aliphatic carbocycles. The molecule has 8 heteroatoms. The van der Waals surface area contributed by atoms with Crippen LogP contribution in [0.3, 0.4) is 0 Å². The predicted octanol–water partition coefficient (Wildman–Crippen LogP) is 2.91. The van der Waals surface area contributed by atoms with Gasteiger partial charge in [-0.05, 0) is 37.5 Å². The minimum atomic E-state index is -0.487. The highest BCUT2D eigenvalue weighted by Crippen LogP contribution is 2.28. The SMILES string of the molecule is Cc1ccc([N+](=O)[O-])cc1NC(=O)CNc1ccccc1N1CCC(O)CC1. The Balaban J connectivity index is 1.64. The first-order valence-electron chi connectivity index (χ1n) is 9.25. The molecule has 8 nitrogen and oxygen atoms in total. The van der Waals surface area contributed by atoms with Crippen molar-refractivity contribution in [2.24, 2.45) is 0 Å². The van der Waals surface area contributed by atoms with Crippen LogP contribution >= 0.6 is 0 Å². The summed E-state index contributed by atoms with van der Waals surface area (Å²) in [4.78, 5) is 25.0. The van der Waals surface area contributed by atoms with Gasteiger partial charge in [0.2, 0.25) is 5.91 Å². The summed E-state index contributed by atoms with van der Waals surface area (Å²) in [5, 5.41) is 26.5. The Bertz CT molecular complexity index is 863. The first-order valence-corrected chi connectivity index (χ1v) is 9.25. The average Bonchev–Trinajstić information content (AvgIpc) is 2.69. The summed E-state index contributed by atoms with van der Waals surface area (Å²) in [6.07, 6.45) is 1.20. The lowest BCUT2D eigenvalue weighted by molar-refractivity contribution is -0.384. The molecule has 1 aliphatic rings. The Morgan fingerprint density at radius 3 is 2.64 bits per heavy atom. The van der Waals surface area contributed by atoms with Crippen molar-refractivity contribution in [1.82, 2.24) is 0 Å².